The van der Waals surface area contributed by atoms with Crippen LogP contribution in [-0.4, -0.2) is 29.2 Å². The van der Waals surface area contributed by atoms with Gasteiger partial charge in [-0.05, 0) is 25.5 Å². The largest absolute Gasteiger partial charge is 0.360 e. The molecule has 0 aliphatic rings. The molecule has 1 aromatic heterocycles. The van der Waals surface area contributed by atoms with E-state index in [9.17, 15) is 4.79 Å². The van der Waals surface area contributed by atoms with Crippen LogP contribution in [0.4, 0.5) is 10.8 Å². The Morgan fingerprint density at radius 1 is 1.24 bits per heavy atom. The normalized spacial score (nSPS) is 10.4. The number of rotatable bonds is 7. The van der Waals surface area contributed by atoms with E-state index in [0.29, 0.717) is 16.7 Å². The fourth-order valence-corrected chi connectivity index (χ4v) is 2.68. The highest BCUT2D eigenvalue weighted by atomic mass is 32.1. The van der Waals surface area contributed by atoms with E-state index in [2.05, 4.69) is 22.4 Å². The molecule has 0 aliphatic heterocycles. The van der Waals surface area contributed by atoms with E-state index in [1.807, 2.05) is 37.3 Å². The molecule has 0 unspecified atom stereocenters. The Morgan fingerprint density at radius 3 is 2.67 bits per heavy atom. The minimum atomic E-state index is -0.0868. The average molecular weight is 304 g/mol. The number of unbranched alkanes of at least 4 members (excludes halogenated alkanes) is 1. The third kappa shape index (κ3) is 4.01. The summed E-state index contributed by atoms with van der Waals surface area (Å²) in [6.07, 6.45) is 1.99. The first-order valence-corrected chi connectivity index (χ1v) is 8.02. The van der Waals surface area contributed by atoms with E-state index in [4.69, 9.17) is 0 Å². The Kier molecular flexibility index (Phi) is 5.68. The summed E-state index contributed by atoms with van der Waals surface area (Å²) in [7, 11) is 0. The van der Waals surface area contributed by atoms with Gasteiger partial charge in [-0.1, -0.05) is 42.9 Å². The lowest BCUT2D eigenvalue weighted by molar-refractivity contribution is 0.0985. The van der Waals surface area contributed by atoms with E-state index in [-0.39, 0.29) is 5.91 Å². The van der Waals surface area contributed by atoms with Crippen LogP contribution in [0.15, 0.2) is 30.3 Å². The van der Waals surface area contributed by atoms with E-state index in [1.54, 1.807) is 4.90 Å². The molecule has 2 rings (SSSR count). The molecular formula is C15H20N4OS. The maximum absolute atomic E-state index is 12.7. The molecule has 0 bridgehead atoms. The molecule has 0 radical (unpaired) electrons. The molecule has 0 aliphatic carbocycles. The van der Waals surface area contributed by atoms with Gasteiger partial charge >= 0.3 is 0 Å². The molecule has 2 aromatic rings. The smallest absolute Gasteiger partial charge is 0.289 e. The highest BCUT2D eigenvalue weighted by Crippen LogP contribution is 2.21. The van der Waals surface area contributed by atoms with E-state index >= 15 is 0 Å². The molecule has 21 heavy (non-hydrogen) atoms. The minimum absolute atomic E-state index is 0.0868. The van der Waals surface area contributed by atoms with Crippen molar-refractivity contribution in [2.75, 3.05) is 23.3 Å². The van der Waals surface area contributed by atoms with Gasteiger partial charge in [0.1, 0.15) is 0 Å². The summed E-state index contributed by atoms with van der Waals surface area (Å²) in [4.78, 5) is 14.5. The quantitative estimate of drug-likeness (QED) is 0.851. The molecule has 1 heterocycles. The van der Waals surface area contributed by atoms with Gasteiger partial charge in [0, 0.05) is 18.8 Å². The topological polar surface area (TPSA) is 58.1 Å². The van der Waals surface area contributed by atoms with Crippen LogP contribution in [0.2, 0.25) is 0 Å². The molecule has 112 valence electrons. The summed E-state index contributed by atoms with van der Waals surface area (Å²) < 4.78 is 0. The van der Waals surface area contributed by atoms with Crippen molar-refractivity contribution in [2.45, 2.75) is 26.7 Å². The summed E-state index contributed by atoms with van der Waals surface area (Å²) in [5.41, 5.74) is 0.899. The molecule has 0 fully saturated rings. The molecule has 1 N–H and O–H groups in total. The van der Waals surface area contributed by atoms with Crippen LogP contribution in [0.1, 0.15) is 36.5 Å². The van der Waals surface area contributed by atoms with E-state index in [1.165, 1.54) is 11.3 Å². The van der Waals surface area contributed by atoms with Crippen molar-refractivity contribution in [2.24, 2.45) is 0 Å². The number of carbonyl (C=O) groups excluding carboxylic acids is 1. The second-order valence-corrected chi connectivity index (χ2v) is 5.57. The Balaban J connectivity index is 2.20. The molecule has 0 spiro atoms. The Hall–Kier alpha value is -1.95. The monoisotopic (exact) mass is 304 g/mol. The zero-order valence-corrected chi connectivity index (χ0v) is 13.2. The summed E-state index contributed by atoms with van der Waals surface area (Å²) >= 11 is 1.30. The number of nitrogens with zero attached hydrogens (tertiary/aromatic N) is 3. The standard InChI is InChI=1S/C15H20N4OS/c1-3-5-11-19(12-9-7-6-8-10-12)14(20)13-17-18-15(21-13)16-4-2/h6-10H,3-5,11H2,1-2H3,(H,16,18). The van der Waals surface area contributed by atoms with Gasteiger partial charge in [-0.2, -0.15) is 0 Å². The van der Waals surface area contributed by atoms with Crippen molar-refractivity contribution >= 4 is 28.1 Å². The summed E-state index contributed by atoms with van der Waals surface area (Å²) in [5, 5.41) is 12.2. The van der Waals surface area contributed by atoms with Crippen LogP contribution in [0.5, 0.6) is 0 Å². The minimum Gasteiger partial charge on any atom is -0.360 e. The highest BCUT2D eigenvalue weighted by Gasteiger charge is 2.21. The van der Waals surface area contributed by atoms with Gasteiger partial charge in [-0.15, -0.1) is 10.2 Å². The van der Waals surface area contributed by atoms with Crippen molar-refractivity contribution < 1.29 is 4.79 Å². The number of nitrogens with one attached hydrogen (secondary N) is 1. The number of hydrogen-bond donors (Lipinski definition) is 1. The highest BCUT2D eigenvalue weighted by molar-refractivity contribution is 7.17. The van der Waals surface area contributed by atoms with E-state index < -0.39 is 0 Å². The molecule has 1 amide bonds. The zero-order valence-electron chi connectivity index (χ0n) is 12.4. The van der Waals surface area contributed by atoms with Crippen LogP contribution in [0, 0.1) is 0 Å². The maximum atomic E-state index is 12.7. The van der Waals surface area contributed by atoms with Gasteiger partial charge in [0.15, 0.2) is 0 Å². The molecule has 0 saturated carbocycles. The van der Waals surface area contributed by atoms with Gasteiger partial charge in [0.05, 0.1) is 0 Å². The number of para-hydroxylation sites is 1. The number of benzene rings is 1. The maximum Gasteiger partial charge on any atom is 0.289 e. The number of carbonyl (C=O) groups is 1. The molecule has 0 saturated heterocycles. The lowest BCUT2D eigenvalue weighted by atomic mass is 10.2. The Labute approximate surface area is 129 Å². The van der Waals surface area contributed by atoms with Crippen molar-refractivity contribution in [1.82, 2.24) is 10.2 Å². The second kappa shape index (κ2) is 7.73. The molecule has 0 atom stereocenters. The van der Waals surface area contributed by atoms with Crippen LogP contribution in [0.3, 0.4) is 0 Å². The molecule has 5 nitrogen and oxygen atoms in total. The Bertz CT molecular complexity index is 570. The third-order valence-corrected chi connectivity index (χ3v) is 3.85. The van der Waals surface area contributed by atoms with Crippen molar-refractivity contribution in [3.63, 3.8) is 0 Å². The SMILES string of the molecule is CCCCN(C(=O)c1nnc(NCC)s1)c1ccccc1. The van der Waals surface area contributed by atoms with Crippen molar-refractivity contribution in [3.05, 3.63) is 35.3 Å². The molecule has 1 aromatic carbocycles. The fourth-order valence-electron chi connectivity index (χ4n) is 1.92. The first-order valence-electron chi connectivity index (χ1n) is 7.20. The Morgan fingerprint density at radius 2 is 2.00 bits per heavy atom. The van der Waals surface area contributed by atoms with Crippen LogP contribution in [-0.2, 0) is 0 Å². The average Bonchev–Trinajstić information content (AvgIpc) is 2.97. The first kappa shape index (κ1) is 15.4. The molecule has 6 heteroatoms. The first-order chi connectivity index (χ1) is 10.3. The summed E-state index contributed by atoms with van der Waals surface area (Å²) in [5.74, 6) is -0.0868. The van der Waals surface area contributed by atoms with Gasteiger partial charge < -0.3 is 10.2 Å². The van der Waals surface area contributed by atoms with Crippen LogP contribution >= 0.6 is 11.3 Å². The fraction of sp³-hybridized carbons (Fsp3) is 0.400. The van der Waals surface area contributed by atoms with Crippen LogP contribution < -0.4 is 10.2 Å². The van der Waals surface area contributed by atoms with Crippen molar-refractivity contribution in [3.8, 4) is 0 Å². The van der Waals surface area contributed by atoms with E-state index in [0.717, 1.165) is 25.1 Å². The van der Waals surface area contributed by atoms with Gasteiger partial charge in [-0.25, -0.2) is 0 Å². The lowest BCUT2D eigenvalue weighted by Gasteiger charge is -2.21. The van der Waals surface area contributed by atoms with Gasteiger partial charge in [0.2, 0.25) is 10.1 Å². The number of anilines is 2. The number of aromatic nitrogens is 2. The lowest BCUT2D eigenvalue weighted by Crippen LogP contribution is -2.31. The number of amides is 1. The predicted octanol–water partition coefficient (Wildman–Crippen LogP) is 3.42. The third-order valence-electron chi connectivity index (χ3n) is 2.98. The zero-order chi connectivity index (χ0) is 15.1. The van der Waals surface area contributed by atoms with Gasteiger partial charge in [-0.3, -0.25) is 4.79 Å². The summed E-state index contributed by atoms with van der Waals surface area (Å²) in [6.45, 7) is 5.55. The van der Waals surface area contributed by atoms with Crippen LogP contribution in [0.25, 0.3) is 0 Å². The predicted molar refractivity (Wildman–Crippen MR) is 87.1 cm³/mol. The number of hydrogen-bond acceptors (Lipinski definition) is 5. The second-order valence-electron chi connectivity index (χ2n) is 4.59. The van der Waals surface area contributed by atoms with Crippen molar-refractivity contribution in [1.29, 1.82) is 0 Å². The summed E-state index contributed by atoms with van der Waals surface area (Å²) in [6, 6.07) is 9.71. The van der Waals surface area contributed by atoms with Gasteiger partial charge in [0.25, 0.3) is 5.91 Å². The molecular weight excluding hydrogens is 284 g/mol.